The summed E-state index contributed by atoms with van der Waals surface area (Å²) in [5.41, 5.74) is 0.999. The smallest absolute Gasteiger partial charge is 0.0917 e. The van der Waals surface area contributed by atoms with Gasteiger partial charge in [0.1, 0.15) is 0 Å². The second-order valence-electron chi connectivity index (χ2n) is 5.64. The highest BCUT2D eigenvalue weighted by Crippen LogP contribution is 2.28. The van der Waals surface area contributed by atoms with Crippen molar-refractivity contribution in [2.45, 2.75) is 25.0 Å². The first-order chi connectivity index (χ1) is 9.22. The predicted molar refractivity (Wildman–Crippen MR) is 80.1 cm³/mol. The lowest BCUT2D eigenvalue weighted by Crippen LogP contribution is -2.48. The van der Waals surface area contributed by atoms with Crippen molar-refractivity contribution in [3.05, 3.63) is 34.3 Å². The minimum Gasteiger partial charge on any atom is -0.387 e. The van der Waals surface area contributed by atoms with Crippen LogP contribution in [0.25, 0.3) is 0 Å². The fourth-order valence-corrected chi connectivity index (χ4v) is 3.23. The summed E-state index contributed by atoms with van der Waals surface area (Å²) < 4.78 is 1.03. The Bertz CT molecular complexity index is 428. The Balaban J connectivity index is 1.51. The minimum atomic E-state index is -0.384. The van der Waals surface area contributed by atoms with E-state index in [0.29, 0.717) is 0 Å². The zero-order chi connectivity index (χ0) is 13.2. The third-order valence-electron chi connectivity index (χ3n) is 4.13. The van der Waals surface area contributed by atoms with Crippen LogP contribution in [-0.2, 0) is 0 Å². The molecule has 3 rings (SSSR count). The number of β-amino-alcohol motifs (C(OH)–C–C–N with tert-alkyl or cyclic N) is 1. The van der Waals surface area contributed by atoms with E-state index >= 15 is 0 Å². The Morgan fingerprint density at radius 1 is 1.21 bits per heavy atom. The molecule has 1 heterocycles. The van der Waals surface area contributed by atoms with Crippen LogP contribution in [0.2, 0.25) is 0 Å². The van der Waals surface area contributed by atoms with Crippen molar-refractivity contribution in [3.8, 4) is 0 Å². The molecule has 19 heavy (non-hydrogen) atoms. The number of hydrogen-bond acceptors (Lipinski definition) is 3. The number of halogens is 1. The summed E-state index contributed by atoms with van der Waals surface area (Å²) >= 11 is 3.45. The third-order valence-corrected chi connectivity index (χ3v) is 4.63. The molecule has 2 aliphatic rings. The summed E-state index contributed by atoms with van der Waals surface area (Å²) in [6.45, 7) is 5.24. The molecule has 1 unspecified atom stereocenters. The van der Waals surface area contributed by atoms with Crippen LogP contribution in [0.15, 0.2) is 28.7 Å². The van der Waals surface area contributed by atoms with E-state index in [4.69, 9.17) is 0 Å². The lowest BCUT2D eigenvalue weighted by Gasteiger charge is -2.35. The molecule has 0 radical (unpaired) electrons. The summed E-state index contributed by atoms with van der Waals surface area (Å²) in [6.07, 6.45) is 2.39. The highest BCUT2D eigenvalue weighted by Gasteiger charge is 2.31. The van der Waals surface area contributed by atoms with Crippen LogP contribution in [0.3, 0.4) is 0 Å². The van der Waals surface area contributed by atoms with Gasteiger partial charge >= 0.3 is 0 Å². The highest BCUT2D eigenvalue weighted by molar-refractivity contribution is 9.10. The molecule has 2 fully saturated rings. The van der Waals surface area contributed by atoms with Crippen LogP contribution >= 0.6 is 15.9 Å². The molecule has 3 nitrogen and oxygen atoms in total. The first-order valence-electron chi connectivity index (χ1n) is 7.12. The van der Waals surface area contributed by atoms with Gasteiger partial charge in [-0.05, 0) is 30.5 Å². The summed E-state index contributed by atoms with van der Waals surface area (Å²) in [4.78, 5) is 4.98. The van der Waals surface area contributed by atoms with Crippen molar-refractivity contribution in [3.63, 3.8) is 0 Å². The Morgan fingerprint density at radius 2 is 1.95 bits per heavy atom. The Morgan fingerprint density at radius 3 is 2.58 bits per heavy atom. The molecular formula is C15H21BrN2O. The van der Waals surface area contributed by atoms with E-state index in [1.54, 1.807) is 0 Å². The summed E-state index contributed by atoms with van der Waals surface area (Å²) in [6, 6.07) is 8.84. The SMILES string of the molecule is OC(CN1CCN(C2CC2)CC1)c1cccc(Br)c1. The van der Waals surface area contributed by atoms with Gasteiger partial charge in [0.25, 0.3) is 0 Å². The van der Waals surface area contributed by atoms with Gasteiger partial charge in [-0.3, -0.25) is 9.80 Å². The van der Waals surface area contributed by atoms with E-state index < -0.39 is 0 Å². The first-order valence-corrected chi connectivity index (χ1v) is 7.91. The number of aliphatic hydroxyl groups is 1. The zero-order valence-electron chi connectivity index (χ0n) is 11.1. The lowest BCUT2D eigenvalue weighted by molar-refractivity contribution is 0.0699. The van der Waals surface area contributed by atoms with E-state index in [2.05, 4.69) is 25.7 Å². The fraction of sp³-hybridized carbons (Fsp3) is 0.600. The largest absolute Gasteiger partial charge is 0.387 e. The fourth-order valence-electron chi connectivity index (χ4n) is 2.81. The average Bonchev–Trinajstić information content (AvgIpc) is 3.24. The van der Waals surface area contributed by atoms with E-state index in [-0.39, 0.29) is 6.10 Å². The molecule has 1 saturated carbocycles. The van der Waals surface area contributed by atoms with Gasteiger partial charge in [-0.15, -0.1) is 0 Å². The van der Waals surface area contributed by atoms with Gasteiger partial charge in [0.2, 0.25) is 0 Å². The molecular weight excluding hydrogens is 304 g/mol. The Hall–Kier alpha value is -0.420. The van der Waals surface area contributed by atoms with E-state index in [1.807, 2.05) is 24.3 Å². The van der Waals surface area contributed by atoms with Gasteiger partial charge in [0.05, 0.1) is 6.10 Å². The van der Waals surface area contributed by atoms with Gasteiger partial charge in [0, 0.05) is 43.2 Å². The van der Waals surface area contributed by atoms with Crippen LogP contribution < -0.4 is 0 Å². The molecule has 0 amide bonds. The molecule has 0 bridgehead atoms. The summed E-state index contributed by atoms with van der Waals surface area (Å²) in [5.74, 6) is 0. The summed E-state index contributed by atoms with van der Waals surface area (Å²) in [7, 11) is 0. The maximum Gasteiger partial charge on any atom is 0.0917 e. The van der Waals surface area contributed by atoms with Gasteiger partial charge in [-0.25, -0.2) is 0 Å². The molecule has 1 aromatic rings. The molecule has 1 aliphatic heterocycles. The monoisotopic (exact) mass is 324 g/mol. The van der Waals surface area contributed by atoms with E-state index in [1.165, 1.54) is 12.8 Å². The standard InChI is InChI=1S/C15H21BrN2O/c16-13-3-1-2-12(10-13)15(19)11-17-6-8-18(9-7-17)14-4-5-14/h1-3,10,14-15,19H,4-9,11H2. The van der Waals surface area contributed by atoms with Crippen molar-refractivity contribution < 1.29 is 5.11 Å². The van der Waals surface area contributed by atoms with Gasteiger partial charge in [-0.1, -0.05) is 28.1 Å². The number of aliphatic hydroxyl groups excluding tert-OH is 1. The van der Waals surface area contributed by atoms with Crippen molar-refractivity contribution in [2.75, 3.05) is 32.7 Å². The maximum atomic E-state index is 10.3. The van der Waals surface area contributed by atoms with Crippen molar-refractivity contribution in [1.82, 2.24) is 9.80 Å². The summed E-state index contributed by atoms with van der Waals surface area (Å²) in [5, 5.41) is 10.3. The Labute approximate surface area is 123 Å². The van der Waals surface area contributed by atoms with Crippen molar-refractivity contribution in [2.24, 2.45) is 0 Å². The minimum absolute atomic E-state index is 0.384. The Kier molecular flexibility index (Phi) is 4.22. The number of piperazine rings is 1. The molecule has 104 valence electrons. The van der Waals surface area contributed by atoms with Gasteiger partial charge in [0.15, 0.2) is 0 Å². The molecule has 0 spiro atoms. The maximum absolute atomic E-state index is 10.3. The first kappa shape index (κ1) is 13.6. The lowest BCUT2D eigenvalue weighted by atomic mass is 10.1. The quantitative estimate of drug-likeness (QED) is 0.920. The van der Waals surface area contributed by atoms with Gasteiger partial charge < -0.3 is 5.11 Å². The normalized spacial score (nSPS) is 23.5. The molecule has 1 N–H and O–H groups in total. The molecule has 4 heteroatoms. The second-order valence-corrected chi connectivity index (χ2v) is 6.55. The predicted octanol–water partition coefficient (Wildman–Crippen LogP) is 2.26. The third kappa shape index (κ3) is 3.57. The van der Waals surface area contributed by atoms with Gasteiger partial charge in [-0.2, -0.15) is 0 Å². The zero-order valence-corrected chi connectivity index (χ0v) is 12.7. The number of nitrogens with zero attached hydrogens (tertiary/aromatic N) is 2. The van der Waals surface area contributed by atoms with Crippen LogP contribution in [0.1, 0.15) is 24.5 Å². The molecule has 1 saturated heterocycles. The molecule has 1 aliphatic carbocycles. The van der Waals surface area contributed by atoms with Crippen molar-refractivity contribution >= 4 is 15.9 Å². The van der Waals surface area contributed by atoms with E-state index in [0.717, 1.165) is 48.8 Å². The van der Waals surface area contributed by atoms with E-state index in [9.17, 15) is 5.11 Å². The number of rotatable bonds is 4. The van der Waals surface area contributed by atoms with Crippen LogP contribution in [0, 0.1) is 0 Å². The van der Waals surface area contributed by atoms with Crippen LogP contribution in [-0.4, -0.2) is 53.7 Å². The van der Waals surface area contributed by atoms with Crippen LogP contribution in [0.5, 0.6) is 0 Å². The highest BCUT2D eigenvalue weighted by atomic mass is 79.9. The topological polar surface area (TPSA) is 26.7 Å². The second kappa shape index (κ2) is 5.92. The van der Waals surface area contributed by atoms with Crippen LogP contribution in [0.4, 0.5) is 0 Å². The van der Waals surface area contributed by atoms with Crippen molar-refractivity contribution in [1.29, 1.82) is 0 Å². The molecule has 0 aromatic heterocycles. The molecule has 1 atom stereocenters. The number of hydrogen-bond donors (Lipinski definition) is 1. The number of benzene rings is 1. The molecule has 1 aromatic carbocycles. The average molecular weight is 325 g/mol.